The van der Waals surface area contributed by atoms with Crippen LogP contribution in [0.3, 0.4) is 0 Å². The minimum Gasteiger partial charge on any atom is -0.463 e. The molecule has 1 aromatic carbocycles. The Labute approximate surface area is 109 Å². The lowest BCUT2D eigenvalue weighted by Gasteiger charge is -2.03. The highest BCUT2D eigenvalue weighted by atomic mass is 35.5. The van der Waals surface area contributed by atoms with Gasteiger partial charge in [-0.1, -0.05) is 23.7 Å². The maximum Gasteiger partial charge on any atom is 0.377 e. The second kappa shape index (κ2) is 5.18. The summed E-state index contributed by atoms with van der Waals surface area (Å²) in [7, 11) is 1.30. The Kier molecular flexibility index (Phi) is 3.62. The van der Waals surface area contributed by atoms with E-state index in [9.17, 15) is 4.79 Å². The number of hydrogen-bond acceptors (Lipinski definition) is 4. The Morgan fingerprint density at radius 1 is 1.50 bits per heavy atom. The summed E-state index contributed by atoms with van der Waals surface area (Å²) in [6.45, 7) is 2.29. The molecule has 1 aromatic heterocycles. The minimum atomic E-state index is -0.539. The Bertz CT molecular complexity index is 580. The van der Waals surface area contributed by atoms with E-state index in [2.05, 4.69) is 14.8 Å². The molecule has 2 aromatic rings. The number of halogens is 1. The molecule has 1 heterocycles. The average molecular weight is 266 g/mol. The number of aryl methyl sites for hydroxylation is 1. The fourth-order valence-corrected chi connectivity index (χ4v) is 1.77. The van der Waals surface area contributed by atoms with Crippen molar-refractivity contribution < 1.29 is 9.53 Å². The van der Waals surface area contributed by atoms with Crippen LogP contribution in [0.4, 0.5) is 0 Å². The monoisotopic (exact) mass is 265 g/mol. The maximum absolute atomic E-state index is 11.3. The predicted octanol–water partition coefficient (Wildman–Crippen LogP) is 2.07. The zero-order valence-corrected chi connectivity index (χ0v) is 10.8. The summed E-state index contributed by atoms with van der Waals surface area (Å²) in [5.41, 5.74) is 0.993. The molecule has 0 amide bonds. The Hall–Kier alpha value is -1.88. The van der Waals surface area contributed by atoms with Crippen molar-refractivity contribution in [2.75, 3.05) is 7.11 Å². The molecule has 0 aliphatic carbocycles. The van der Waals surface area contributed by atoms with E-state index < -0.39 is 5.97 Å². The first-order valence-corrected chi connectivity index (χ1v) is 5.72. The van der Waals surface area contributed by atoms with Crippen LogP contribution in [0.2, 0.25) is 5.02 Å². The molecule has 0 N–H and O–H groups in total. The minimum absolute atomic E-state index is 0.0667. The van der Waals surface area contributed by atoms with Crippen LogP contribution in [0.5, 0.6) is 0 Å². The summed E-state index contributed by atoms with van der Waals surface area (Å²) in [6.07, 6.45) is 0. The van der Waals surface area contributed by atoms with E-state index in [0.717, 1.165) is 5.56 Å². The molecular formula is C12H12ClN3O2. The molecule has 18 heavy (non-hydrogen) atoms. The van der Waals surface area contributed by atoms with Gasteiger partial charge in [-0.3, -0.25) is 0 Å². The van der Waals surface area contributed by atoms with Gasteiger partial charge in [-0.2, -0.15) is 0 Å². The molecule has 6 heteroatoms. The lowest BCUT2D eigenvalue weighted by Crippen LogP contribution is -2.07. The Balaban J connectivity index is 2.24. The van der Waals surface area contributed by atoms with Gasteiger partial charge in [0.25, 0.3) is 5.82 Å². The largest absolute Gasteiger partial charge is 0.463 e. The van der Waals surface area contributed by atoms with Gasteiger partial charge in [-0.05, 0) is 24.6 Å². The van der Waals surface area contributed by atoms with E-state index in [1.807, 2.05) is 18.2 Å². The van der Waals surface area contributed by atoms with E-state index in [1.54, 1.807) is 17.7 Å². The Morgan fingerprint density at radius 2 is 2.28 bits per heavy atom. The topological polar surface area (TPSA) is 57.0 Å². The average Bonchev–Trinajstić information content (AvgIpc) is 2.70. The van der Waals surface area contributed by atoms with E-state index in [-0.39, 0.29) is 5.82 Å². The van der Waals surface area contributed by atoms with Gasteiger partial charge in [0.15, 0.2) is 0 Å². The zero-order valence-electron chi connectivity index (χ0n) is 10.1. The maximum atomic E-state index is 11.3. The van der Waals surface area contributed by atoms with Crippen LogP contribution < -0.4 is 0 Å². The van der Waals surface area contributed by atoms with Gasteiger partial charge >= 0.3 is 5.97 Å². The molecule has 0 atom stereocenters. The van der Waals surface area contributed by atoms with Gasteiger partial charge in [0, 0.05) is 5.02 Å². The molecule has 0 bridgehead atoms. The molecule has 0 unspecified atom stereocenters. The molecule has 0 radical (unpaired) electrons. The van der Waals surface area contributed by atoms with Gasteiger partial charge in [-0.25, -0.2) is 14.5 Å². The Morgan fingerprint density at radius 3 is 2.94 bits per heavy atom. The van der Waals surface area contributed by atoms with E-state index in [4.69, 9.17) is 11.6 Å². The van der Waals surface area contributed by atoms with Crippen LogP contribution in [-0.2, 0) is 11.3 Å². The van der Waals surface area contributed by atoms with Gasteiger partial charge in [0.05, 0.1) is 13.7 Å². The summed E-state index contributed by atoms with van der Waals surface area (Å²) in [4.78, 5) is 15.3. The van der Waals surface area contributed by atoms with Crippen molar-refractivity contribution in [1.29, 1.82) is 0 Å². The number of hydrogen-bond donors (Lipinski definition) is 0. The highest BCUT2D eigenvalue weighted by molar-refractivity contribution is 6.30. The number of nitrogens with zero attached hydrogens (tertiary/aromatic N) is 3. The number of benzene rings is 1. The lowest BCUT2D eigenvalue weighted by molar-refractivity contribution is 0.0586. The van der Waals surface area contributed by atoms with E-state index in [0.29, 0.717) is 17.4 Å². The summed E-state index contributed by atoms with van der Waals surface area (Å²) in [5, 5.41) is 4.76. The molecule has 0 aliphatic rings. The SMILES string of the molecule is COC(=O)c1nc(C)n(Cc2cccc(Cl)c2)n1. The predicted molar refractivity (Wildman–Crippen MR) is 66.7 cm³/mol. The van der Waals surface area contributed by atoms with Crippen molar-refractivity contribution in [1.82, 2.24) is 14.8 Å². The van der Waals surface area contributed by atoms with E-state index in [1.165, 1.54) is 7.11 Å². The van der Waals surface area contributed by atoms with E-state index >= 15 is 0 Å². The summed E-state index contributed by atoms with van der Waals surface area (Å²) >= 11 is 5.91. The fourth-order valence-electron chi connectivity index (χ4n) is 1.56. The third kappa shape index (κ3) is 2.68. The molecular weight excluding hydrogens is 254 g/mol. The molecule has 2 rings (SSSR count). The first-order valence-electron chi connectivity index (χ1n) is 5.34. The number of carbonyl (C=O) groups is 1. The van der Waals surface area contributed by atoms with Crippen LogP contribution >= 0.6 is 11.6 Å². The third-order valence-corrected chi connectivity index (χ3v) is 2.68. The fraction of sp³-hybridized carbons (Fsp3) is 0.250. The molecule has 0 spiro atoms. The molecule has 5 nitrogen and oxygen atoms in total. The lowest BCUT2D eigenvalue weighted by atomic mass is 10.2. The highest BCUT2D eigenvalue weighted by Crippen LogP contribution is 2.12. The molecule has 0 saturated heterocycles. The first-order chi connectivity index (χ1) is 8.60. The number of esters is 1. The number of methoxy groups -OCH3 is 1. The van der Waals surface area contributed by atoms with Crippen LogP contribution in [0.25, 0.3) is 0 Å². The van der Waals surface area contributed by atoms with Crippen LogP contribution in [0.1, 0.15) is 22.0 Å². The van der Waals surface area contributed by atoms with Crippen molar-refractivity contribution in [3.63, 3.8) is 0 Å². The highest BCUT2D eigenvalue weighted by Gasteiger charge is 2.14. The van der Waals surface area contributed by atoms with Gasteiger partial charge in [0.1, 0.15) is 5.82 Å². The summed E-state index contributed by atoms with van der Waals surface area (Å²) in [6, 6.07) is 7.45. The standard InChI is InChI=1S/C12H12ClN3O2/c1-8-14-11(12(17)18-2)15-16(8)7-9-4-3-5-10(13)6-9/h3-6H,7H2,1-2H3. The van der Waals surface area contributed by atoms with Crippen molar-refractivity contribution >= 4 is 17.6 Å². The number of aromatic nitrogens is 3. The first kappa shape index (κ1) is 12.6. The molecule has 0 aliphatic heterocycles. The smallest absolute Gasteiger partial charge is 0.377 e. The summed E-state index contributed by atoms with van der Waals surface area (Å²) < 4.78 is 6.21. The van der Waals surface area contributed by atoms with Gasteiger partial charge < -0.3 is 4.74 Å². The van der Waals surface area contributed by atoms with Crippen LogP contribution in [0, 0.1) is 6.92 Å². The van der Waals surface area contributed by atoms with Crippen LogP contribution in [0.15, 0.2) is 24.3 Å². The van der Waals surface area contributed by atoms with Gasteiger partial charge in [0.2, 0.25) is 0 Å². The quantitative estimate of drug-likeness (QED) is 0.798. The van der Waals surface area contributed by atoms with Crippen molar-refractivity contribution in [3.8, 4) is 0 Å². The molecule has 94 valence electrons. The number of rotatable bonds is 3. The number of carbonyl (C=O) groups excluding carboxylic acids is 1. The normalized spacial score (nSPS) is 10.4. The van der Waals surface area contributed by atoms with Crippen molar-refractivity contribution in [3.05, 3.63) is 46.5 Å². The third-order valence-electron chi connectivity index (χ3n) is 2.45. The van der Waals surface area contributed by atoms with Crippen molar-refractivity contribution in [2.45, 2.75) is 13.5 Å². The second-order valence-corrected chi connectivity index (χ2v) is 4.20. The molecule has 0 saturated carbocycles. The molecule has 0 fully saturated rings. The zero-order chi connectivity index (χ0) is 13.1. The van der Waals surface area contributed by atoms with Gasteiger partial charge in [-0.15, -0.1) is 5.10 Å². The second-order valence-electron chi connectivity index (χ2n) is 3.76. The number of ether oxygens (including phenoxy) is 1. The summed E-state index contributed by atoms with van der Waals surface area (Å²) in [5.74, 6) is 0.176. The van der Waals surface area contributed by atoms with Crippen LogP contribution in [-0.4, -0.2) is 27.8 Å². The van der Waals surface area contributed by atoms with Crippen molar-refractivity contribution in [2.24, 2.45) is 0 Å².